The van der Waals surface area contributed by atoms with Crippen molar-refractivity contribution in [3.63, 3.8) is 0 Å². The van der Waals surface area contributed by atoms with E-state index in [2.05, 4.69) is 22.8 Å². The molecule has 5 nitrogen and oxygen atoms in total. The molecule has 0 bridgehead atoms. The minimum absolute atomic E-state index is 0.213. The summed E-state index contributed by atoms with van der Waals surface area (Å²) in [4.78, 5) is 25.9. The van der Waals surface area contributed by atoms with E-state index in [1.165, 1.54) is 24.0 Å². The van der Waals surface area contributed by atoms with Crippen molar-refractivity contribution in [1.29, 1.82) is 0 Å². The van der Waals surface area contributed by atoms with Crippen LogP contribution in [0.3, 0.4) is 0 Å². The molecule has 34 heavy (non-hydrogen) atoms. The van der Waals surface area contributed by atoms with Crippen molar-refractivity contribution in [2.24, 2.45) is 0 Å². The van der Waals surface area contributed by atoms with E-state index in [-0.39, 0.29) is 11.8 Å². The number of benzene rings is 3. The Hall–Kier alpha value is -3.60. The zero-order chi connectivity index (χ0) is 23.8. The molecule has 0 saturated heterocycles. The zero-order valence-electron chi connectivity index (χ0n) is 19.7. The molecule has 0 unspecified atom stereocenters. The third-order valence-corrected chi connectivity index (χ3v) is 6.23. The van der Waals surface area contributed by atoms with Gasteiger partial charge in [0.25, 0.3) is 11.8 Å². The van der Waals surface area contributed by atoms with Crippen LogP contribution in [0.15, 0.2) is 72.8 Å². The second kappa shape index (κ2) is 11.5. The van der Waals surface area contributed by atoms with Gasteiger partial charge in [-0.2, -0.15) is 0 Å². The first-order valence-corrected chi connectivity index (χ1v) is 12.1. The lowest BCUT2D eigenvalue weighted by Gasteiger charge is -2.21. The van der Waals surface area contributed by atoms with Crippen molar-refractivity contribution in [1.82, 2.24) is 5.32 Å². The normalized spacial score (nSPS) is 13.4. The number of para-hydroxylation sites is 1. The first-order valence-electron chi connectivity index (χ1n) is 12.1. The summed E-state index contributed by atoms with van der Waals surface area (Å²) in [5.41, 5.74) is 4.78. The fourth-order valence-corrected chi connectivity index (χ4v) is 4.33. The maximum atomic E-state index is 13.0. The van der Waals surface area contributed by atoms with Gasteiger partial charge in [-0.05, 0) is 79.5 Å². The Morgan fingerprint density at radius 2 is 1.65 bits per heavy atom. The summed E-state index contributed by atoms with van der Waals surface area (Å²) in [6, 6.07) is 23.2. The van der Waals surface area contributed by atoms with E-state index >= 15 is 0 Å². The minimum atomic E-state index is -0.643. The van der Waals surface area contributed by atoms with E-state index in [1.807, 2.05) is 49.4 Å². The number of carbonyl (C=O) groups excluding carboxylic acids is 2. The number of anilines is 1. The first-order chi connectivity index (χ1) is 16.6. The Labute approximate surface area is 201 Å². The number of aryl methyl sites for hydroxylation is 2. The monoisotopic (exact) mass is 456 g/mol. The molecule has 0 spiro atoms. The number of hydrogen-bond donors (Lipinski definition) is 2. The van der Waals surface area contributed by atoms with Crippen LogP contribution >= 0.6 is 0 Å². The van der Waals surface area contributed by atoms with Crippen molar-refractivity contribution in [2.45, 2.75) is 51.6 Å². The number of ether oxygens (including phenoxy) is 1. The van der Waals surface area contributed by atoms with Gasteiger partial charge in [-0.15, -0.1) is 0 Å². The average Bonchev–Trinajstić information content (AvgIpc) is 2.88. The second-order valence-electron chi connectivity index (χ2n) is 8.68. The lowest BCUT2D eigenvalue weighted by Crippen LogP contribution is -2.33. The summed E-state index contributed by atoms with van der Waals surface area (Å²) in [6.45, 7) is 2.44. The lowest BCUT2D eigenvalue weighted by molar-refractivity contribution is -0.122. The van der Waals surface area contributed by atoms with Gasteiger partial charge in [-0.25, -0.2) is 0 Å². The summed E-state index contributed by atoms with van der Waals surface area (Å²) < 4.78 is 6.07. The van der Waals surface area contributed by atoms with Gasteiger partial charge in [0, 0.05) is 6.54 Å². The Morgan fingerprint density at radius 3 is 2.44 bits per heavy atom. The van der Waals surface area contributed by atoms with Gasteiger partial charge in [0.1, 0.15) is 5.75 Å². The van der Waals surface area contributed by atoms with Gasteiger partial charge in [0.2, 0.25) is 0 Å². The highest BCUT2D eigenvalue weighted by Gasteiger charge is 2.21. The Kier molecular flexibility index (Phi) is 7.97. The standard InChI is InChI=1S/C29H32N2O3/c1-2-27(34-24-17-16-22-12-6-7-13-23(22)20-24)29(33)31-26-15-9-8-14-25(26)28(32)30-19-18-21-10-4-3-5-11-21/h3-5,8-11,14-17,20,27H,2,6-7,12-13,18-19H2,1H3,(H,30,32)(H,31,33)/t27-/m0/s1. The SMILES string of the molecule is CC[C@H](Oc1ccc2c(c1)CCCC2)C(=O)Nc1ccccc1C(=O)NCCc1ccccc1. The highest BCUT2D eigenvalue weighted by molar-refractivity contribution is 6.04. The van der Waals surface area contributed by atoms with Crippen LogP contribution in [0, 0.1) is 0 Å². The Morgan fingerprint density at radius 1 is 0.912 bits per heavy atom. The van der Waals surface area contributed by atoms with Gasteiger partial charge >= 0.3 is 0 Å². The lowest BCUT2D eigenvalue weighted by atomic mass is 9.92. The molecule has 1 aliphatic carbocycles. The fraction of sp³-hybridized carbons (Fsp3) is 0.310. The van der Waals surface area contributed by atoms with Gasteiger partial charge in [-0.1, -0.05) is 55.5 Å². The van der Waals surface area contributed by atoms with Crippen LogP contribution < -0.4 is 15.4 Å². The molecule has 3 aromatic carbocycles. The molecule has 5 heteroatoms. The van der Waals surface area contributed by atoms with Crippen LogP contribution in [0.4, 0.5) is 5.69 Å². The van der Waals surface area contributed by atoms with Crippen LogP contribution in [0.5, 0.6) is 5.75 Å². The Balaban J connectivity index is 1.38. The first kappa shape index (κ1) is 23.6. The number of hydrogen-bond acceptors (Lipinski definition) is 3. The summed E-state index contributed by atoms with van der Waals surface area (Å²) in [6.07, 6.45) is 5.21. The molecule has 0 aliphatic heterocycles. The topological polar surface area (TPSA) is 67.4 Å². The molecule has 0 aromatic heterocycles. The third-order valence-electron chi connectivity index (χ3n) is 6.23. The summed E-state index contributed by atoms with van der Waals surface area (Å²) >= 11 is 0. The van der Waals surface area contributed by atoms with Crippen LogP contribution in [0.25, 0.3) is 0 Å². The molecule has 3 aromatic rings. The van der Waals surface area contributed by atoms with E-state index in [1.54, 1.807) is 18.2 Å². The number of nitrogens with one attached hydrogen (secondary N) is 2. The highest BCUT2D eigenvalue weighted by atomic mass is 16.5. The van der Waals surface area contributed by atoms with Crippen LogP contribution in [0.2, 0.25) is 0 Å². The molecular formula is C29H32N2O3. The summed E-state index contributed by atoms with van der Waals surface area (Å²) in [5, 5.41) is 5.86. The molecule has 2 amide bonds. The molecule has 0 heterocycles. The van der Waals surface area contributed by atoms with E-state index in [4.69, 9.17) is 4.74 Å². The van der Waals surface area contributed by atoms with Crippen molar-refractivity contribution in [3.05, 3.63) is 95.1 Å². The van der Waals surface area contributed by atoms with Gasteiger partial charge in [0.15, 0.2) is 6.10 Å². The van der Waals surface area contributed by atoms with Crippen LogP contribution in [-0.4, -0.2) is 24.5 Å². The Bertz CT molecular complexity index is 1130. The van der Waals surface area contributed by atoms with E-state index in [0.29, 0.717) is 24.2 Å². The average molecular weight is 457 g/mol. The molecule has 0 saturated carbocycles. The summed E-state index contributed by atoms with van der Waals surface area (Å²) in [7, 11) is 0. The summed E-state index contributed by atoms with van der Waals surface area (Å²) in [5.74, 6) is 0.245. The zero-order valence-corrected chi connectivity index (χ0v) is 19.7. The molecular weight excluding hydrogens is 424 g/mol. The predicted molar refractivity (Wildman–Crippen MR) is 135 cm³/mol. The quantitative estimate of drug-likeness (QED) is 0.457. The van der Waals surface area contributed by atoms with Crippen LogP contribution in [0.1, 0.15) is 53.2 Å². The van der Waals surface area contributed by atoms with E-state index < -0.39 is 6.10 Å². The number of rotatable bonds is 9. The van der Waals surface area contributed by atoms with Crippen LogP contribution in [-0.2, 0) is 24.1 Å². The maximum absolute atomic E-state index is 13.0. The van der Waals surface area contributed by atoms with Crippen molar-refractivity contribution < 1.29 is 14.3 Å². The highest BCUT2D eigenvalue weighted by Crippen LogP contribution is 2.26. The fourth-order valence-electron chi connectivity index (χ4n) is 4.33. The number of fused-ring (bicyclic) bond motifs is 1. The molecule has 4 rings (SSSR count). The number of amides is 2. The predicted octanol–water partition coefficient (Wildman–Crippen LogP) is 5.33. The molecule has 0 fully saturated rings. The van der Waals surface area contributed by atoms with Gasteiger partial charge in [0.05, 0.1) is 11.3 Å². The van der Waals surface area contributed by atoms with E-state index in [9.17, 15) is 9.59 Å². The van der Waals surface area contributed by atoms with Crippen molar-refractivity contribution in [2.75, 3.05) is 11.9 Å². The molecule has 1 aliphatic rings. The molecule has 1 atom stereocenters. The van der Waals surface area contributed by atoms with Gasteiger partial charge < -0.3 is 15.4 Å². The number of carbonyl (C=O) groups is 2. The largest absolute Gasteiger partial charge is 0.481 e. The minimum Gasteiger partial charge on any atom is -0.481 e. The van der Waals surface area contributed by atoms with E-state index in [0.717, 1.165) is 30.6 Å². The smallest absolute Gasteiger partial charge is 0.265 e. The van der Waals surface area contributed by atoms with Crippen molar-refractivity contribution >= 4 is 17.5 Å². The van der Waals surface area contributed by atoms with Gasteiger partial charge in [-0.3, -0.25) is 9.59 Å². The third kappa shape index (κ3) is 6.04. The molecule has 0 radical (unpaired) electrons. The second-order valence-corrected chi connectivity index (χ2v) is 8.68. The maximum Gasteiger partial charge on any atom is 0.265 e. The molecule has 2 N–H and O–H groups in total. The van der Waals surface area contributed by atoms with Crippen molar-refractivity contribution in [3.8, 4) is 5.75 Å². The molecule has 176 valence electrons.